The van der Waals surface area contributed by atoms with E-state index >= 15 is 0 Å². The van der Waals surface area contributed by atoms with Crippen LogP contribution in [0.5, 0.6) is 0 Å². The smallest absolute Gasteiger partial charge is 0.462 e. The molecule has 3 unspecified atom stereocenters. The quantitative estimate of drug-likeness (QED) is 0.0222. The largest absolute Gasteiger partial charge is 0.472 e. The number of unbranched alkanes of at least 4 members (excludes halogenated alkanes) is 46. The molecular weight excluding hydrogens is 1310 g/mol. The lowest BCUT2D eigenvalue weighted by atomic mass is 9.99. The zero-order valence-corrected chi connectivity index (χ0v) is 67.5. The molecular formula is C81H158O17P2. The number of carbonyl (C=O) groups excluding carboxylic acids is 4. The number of phosphoric ester groups is 2. The summed E-state index contributed by atoms with van der Waals surface area (Å²) in [4.78, 5) is 73.0. The Morgan fingerprint density at radius 2 is 0.510 bits per heavy atom. The van der Waals surface area contributed by atoms with Crippen molar-refractivity contribution in [2.75, 3.05) is 39.6 Å². The van der Waals surface area contributed by atoms with Crippen LogP contribution in [-0.4, -0.2) is 96.7 Å². The van der Waals surface area contributed by atoms with Gasteiger partial charge in [-0.05, 0) is 43.4 Å². The summed E-state index contributed by atoms with van der Waals surface area (Å²) in [5.74, 6) is 0.284. The summed E-state index contributed by atoms with van der Waals surface area (Å²) < 4.78 is 68.7. The molecule has 0 rings (SSSR count). The van der Waals surface area contributed by atoms with E-state index in [9.17, 15) is 43.2 Å². The molecule has 0 saturated carbocycles. The van der Waals surface area contributed by atoms with Gasteiger partial charge in [-0.1, -0.05) is 370 Å². The predicted molar refractivity (Wildman–Crippen MR) is 409 cm³/mol. The van der Waals surface area contributed by atoms with Crippen molar-refractivity contribution in [2.45, 2.75) is 439 Å². The highest BCUT2D eigenvalue weighted by Crippen LogP contribution is 2.45. The molecule has 100 heavy (non-hydrogen) atoms. The zero-order valence-electron chi connectivity index (χ0n) is 65.7. The van der Waals surface area contributed by atoms with Gasteiger partial charge in [-0.2, -0.15) is 0 Å². The van der Waals surface area contributed by atoms with Gasteiger partial charge in [-0.25, -0.2) is 9.13 Å². The highest BCUT2D eigenvalue weighted by Gasteiger charge is 2.30. The van der Waals surface area contributed by atoms with Gasteiger partial charge < -0.3 is 33.8 Å². The Labute approximate surface area is 613 Å². The van der Waals surface area contributed by atoms with Gasteiger partial charge in [-0.15, -0.1) is 0 Å². The molecule has 3 N–H and O–H groups in total. The van der Waals surface area contributed by atoms with E-state index in [2.05, 4.69) is 48.5 Å². The second-order valence-electron chi connectivity index (χ2n) is 30.4. The van der Waals surface area contributed by atoms with E-state index in [0.29, 0.717) is 25.7 Å². The third-order valence-corrected chi connectivity index (χ3v) is 21.1. The summed E-state index contributed by atoms with van der Waals surface area (Å²) in [5.41, 5.74) is 0. The molecule has 0 aliphatic rings. The van der Waals surface area contributed by atoms with Gasteiger partial charge in [0.2, 0.25) is 0 Å². The first kappa shape index (κ1) is 98.1. The molecule has 0 aliphatic heterocycles. The number of carbonyl (C=O) groups is 4. The molecule has 6 atom stereocenters. The Kier molecular flexibility index (Phi) is 69.9. The highest BCUT2D eigenvalue weighted by molar-refractivity contribution is 7.47. The van der Waals surface area contributed by atoms with Crippen molar-refractivity contribution in [1.29, 1.82) is 0 Å². The minimum Gasteiger partial charge on any atom is -0.462 e. The first-order chi connectivity index (χ1) is 48.3. The predicted octanol–water partition coefficient (Wildman–Crippen LogP) is 24.1. The number of esters is 4. The van der Waals surface area contributed by atoms with Gasteiger partial charge in [0.05, 0.1) is 26.4 Å². The van der Waals surface area contributed by atoms with Crippen molar-refractivity contribution < 1.29 is 80.2 Å². The van der Waals surface area contributed by atoms with Crippen LogP contribution in [0.25, 0.3) is 0 Å². The molecule has 0 radical (unpaired) electrons. The number of aliphatic hydroxyl groups excluding tert-OH is 1. The Morgan fingerprint density at radius 1 is 0.290 bits per heavy atom. The van der Waals surface area contributed by atoms with E-state index < -0.39 is 97.5 Å². The lowest BCUT2D eigenvalue weighted by molar-refractivity contribution is -0.161. The average molecular weight is 1470 g/mol. The fourth-order valence-corrected chi connectivity index (χ4v) is 14.0. The van der Waals surface area contributed by atoms with E-state index in [-0.39, 0.29) is 25.7 Å². The molecule has 594 valence electrons. The molecule has 0 aromatic heterocycles. The van der Waals surface area contributed by atoms with Crippen LogP contribution in [0.4, 0.5) is 0 Å². The fraction of sp³-hybridized carbons (Fsp3) is 0.951. The molecule has 19 heteroatoms. The number of hydrogen-bond donors (Lipinski definition) is 3. The Morgan fingerprint density at radius 3 is 0.760 bits per heavy atom. The van der Waals surface area contributed by atoms with Crippen molar-refractivity contribution in [2.24, 2.45) is 17.8 Å². The Hall–Kier alpha value is -1.94. The summed E-state index contributed by atoms with van der Waals surface area (Å²) in [6, 6.07) is 0. The number of hydrogen-bond acceptors (Lipinski definition) is 15. The molecule has 0 aromatic carbocycles. The summed E-state index contributed by atoms with van der Waals surface area (Å²) in [7, 11) is -9.92. The number of phosphoric acid groups is 2. The van der Waals surface area contributed by atoms with Crippen molar-refractivity contribution in [3.05, 3.63) is 0 Å². The van der Waals surface area contributed by atoms with E-state index in [1.807, 2.05) is 0 Å². The van der Waals surface area contributed by atoms with Crippen LogP contribution in [0.1, 0.15) is 421 Å². The lowest BCUT2D eigenvalue weighted by Gasteiger charge is -2.21. The molecule has 17 nitrogen and oxygen atoms in total. The standard InChI is InChI=1S/C81H158O17P2/c1-8-10-11-12-13-14-24-34-41-48-55-62-78(83)91-68-77(98-81(86)65-58-51-44-37-30-29-33-40-47-54-61-74(7)9-2)71-96-100(89,90)94-67-75(82)66-93-99(87,88)95-70-76(69-92-79(84)63-56-49-42-35-28-23-26-32-39-46-53-60-73(5)6)97-80(85)64-57-50-43-36-27-22-20-18-16-15-17-19-21-25-31-38-45-52-59-72(3)4/h72-77,82H,8-71H2,1-7H3,(H,87,88)(H,89,90)/t74?,75-,76-,77-/m1/s1. The van der Waals surface area contributed by atoms with E-state index in [0.717, 1.165) is 108 Å². The molecule has 0 aliphatic carbocycles. The monoisotopic (exact) mass is 1470 g/mol. The van der Waals surface area contributed by atoms with Gasteiger partial charge in [0, 0.05) is 25.7 Å². The molecule has 0 heterocycles. The maximum atomic E-state index is 13.1. The fourth-order valence-electron chi connectivity index (χ4n) is 12.5. The summed E-state index contributed by atoms with van der Waals surface area (Å²) in [6.07, 6.45) is 59.5. The third kappa shape index (κ3) is 73.0. The minimum absolute atomic E-state index is 0.106. The third-order valence-electron chi connectivity index (χ3n) is 19.2. The van der Waals surface area contributed by atoms with Gasteiger partial charge in [-0.3, -0.25) is 37.3 Å². The topological polar surface area (TPSA) is 237 Å². The number of aliphatic hydroxyl groups is 1. The van der Waals surface area contributed by atoms with Crippen LogP contribution < -0.4 is 0 Å². The average Bonchev–Trinajstić information content (AvgIpc) is 0.927. The first-order valence-corrected chi connectivity index (χ1v) is 44.9. The van der Waals surface area contributed by atoms with E-state index in [1.165, 1.54) is 231 Å². The molecule has 0 fully saturated rings. The lowest BCUT2D eigenvalue weighted by Crippen LogP contribution is -2.30. The highest BCUT2D eigenvalue weighted by atomic mass is 31.2. The second-order valence-corrected chi connectivity index (χ2v) is 33.3. The van der Waals surface area contributed by atoms with Crippen LogP contribution >= 0.6 is 15.6 Å². The van der Waals surface area contributed by atoms with E-state index in [4.69, 9.17) is 37.0 Å². The van der Waals surface area contributed by atoms with Crippen LogP contribution in [0.3, 0.4) is 0 Å². The first-order valence-electron chi connectivity index (χ1n) is 41.9. The van der Waals surface area contributed by atoms with Gasteiger partial charge in [0.15, 0.2) is 12.2 Å². The number of rotatable bonds is 79. The second kappa shape index (κ2) is 71.3. The van der Waals surface area contributed by atoms with E-state index in [1.54, 1.807) is 0 Å². The van der Waals surface area contributed by atoms with Crippen LogP contribution in [0.15, 0.2) is 0 Å². The van der Waals surface area contributed by atoms with Gasteiger partial charge in [0.25, 0.3) is 0 Å². The van der Waals surface area contributed by atoms with Crippen LogP contribution in [0.2, 0.25) is 0 Å². The summed E-state index contributed by atoms with van der Waals surface area (Å²) >= 11 is 0. The zero-order chi connectivity index (χ0) is 73.7. The molecule has 0 aromatic rings. The van der Waals surface area contributed by atoms with Gasteiger partial charge >= 0.3 is 39.5 Å². The van der Waals surface area contributed by atoms with Crippen molar-refractivity contribution in [3.8, 4) is 0 Å². The molecule has 0 bridgehead atoms. The molecule has 0 saturated heterocycles. The van der Waals surface area contributed by atoms with Crippen molar-refractivity contribution in [3.63, 3.8) is 0 Å². The van der Waals surface area contributed by atoms with Crippen LogP contribution in [0, 0.1) is 17.8 Å². The Bertz CT molecular complexity index is 1940. The molecule has 0 amide bonds. The van der Waals surface area contributed by atoms with Crippen LogP contribution in [-0.2, 0) is 65.4 Å². The van der Waals surface area contributed by atoms with Gasteiger partial charge in [0.1, 0.15) is 19.3 Å². The maximum Gasteiger partial charge on any atom is 0.472 e. The normalized spacial score (nSPS) is 14.2. The summed E-state index contributed by atoms with van der Waals surface area (Å²) in [6.45, 7) is 12.0. The van der Waals surface area contributed by atoms with Crippen molar-refractivity contribution in [1.82, 2.24) is 0 Å². The van der Waals surface area contributed by atoms with Crippen molar-refractivity contribution >= 4 is 39.5 Å². The molecule has 0 spiro atoms. The maximum absolute atomic E-state index is 13.1. The number of ether oxygens (including phenoxy) is 4. The SMILES string of the molecule is CCCCCCCCCCCCCC(=O)OC[C@H](COP(=O)(O)OC[C@H](O)COP(=O)(O)OC[C@@H](COC(=O)CCCCCCCCCCCCCC(C)C)OC(=O)CCCCCCCCCCCCCCCCCCCCC(C)C)OC(=O)CCCCCCCCCCCCC(C)CC. The minimum atomic E-state index is -4.96. The summed E-state index contributed by atoms with van der Waals surface area (Å²) in [5, 5.41) is 10.6. The Balaban J connectivity index is 5.23.